The van der Waals surface area contributed by atoms with Crippen molar-refractivity contribution in [3.8, 4) is 11.8 Å². The number of hydrogen-bond acceptors (Lipinski definition) is 5. The van der Waals surface area contributed by atoms with Gasteiger partial charge in [0.25, 0.3) is 5.91 Å². The summed E-state index contributed by atoms with van der Waals surface area (Å²) in [5, 5.41) is 17.6. The smallest absolute Gasteiger partial charge is 0.257 e. The first-order valence-corrected chi connectivity index (χ1v) is 9.80. The summed E-state index contributed by atoms with van der Waals surface area (Å²) in [4.78, 5) is 16.6. The van der Waals surface area contributed by atoms with Gasteiger partial charge in [-0.3, -0.25) is 14.5 Å². The van der Waals surface area contributed by atoms with Crippen LogP contribution < -0.4 is 10.1 Å². The minimum atomic E-state index is -0.346. The molecule has 1 amide bonds. The summed E-state index contributed by atoms with van der Waals surface area (Å²) in [7, 11) is 1.56. The van der Waals surface area contributed by atoms with Crippen LogP contribution in [0.15, 0.2) is 36.8 Å². The predicted octanol–water partition coefficient (Wildman–Crippen LogP) is 4.32. The van der Waals surface area contributed by atoms with Crippen molar-refractivity contribution < 1.29 is 9.53 Å². The van der Waals surface area contributed by atoms with Gasteiger partial charge in [-0.1, -0.05) is 6.92 Å². The van der Waals surface area contributed by atoms with E-state index in [4.69, 9.17) is 15.1 Å². The lowest BCUT2D eigenvalue weighted by Crippen LogP contribution is -2.16. The minimum Gasteiger partial charge on any atom is -0.494 e. The number of nitrogens with zero attached hydrogens (tertiary/aromatic N) is 4. The SMILES string of the molecule is COc1cc2nn(C3CCC(C)CC3)cc2cc1NC(=O)c1cncc(C#N)c1. The number of nitrogens with one attached hydrogen (secondary N) is 1. The number of carbonyl (C=O) groups excluding carboxylic acids is 1. The molecule has 2 heterocycles. The number of nitriles is 1. The lowest BCUT2D eigenvalue weighted by atomic mass is 9.87. The first kappa shape index (κ1) is 18.9. The van der Waals surface area contributed by atoms with Crippen molar-refractivity contribution in [1.29, 1.82) is 5.26 Å². The van der Waals surface area contributed by atoms with Crippen molar-refractivity contribution in [2.45, 2.75) is 38.6 Å². The second kappa shape index (κ2) is 7.92. The molecule has 1 saturated carbocycles. The van der Waals surface area contributed by atoms with Crippen molar-refractivity contribution in [1.82, 2.24) is 14.8 Å². The van der Waals surface area contributed by atoms with E-state index in [0.717, 1.165) is 29.7 Å². The van der Waals surface area contributed by atoms with Gasteiger partial charge in [0, 0.05) is 30.0 Å². The number of carbonyl (C=O) groups is 1. The highest BCUT2D eigenvalue weighted by molar-refractivity contribution is 6.06. The van der Waals surface area contributed by atoms with Gasteiger partial charge in [0.05, 0.1) is 35.5 Å². The highest BCUT2D eigenvalue weighted by Crippen LogP contribution is 2.34. The van der Waals surface area contributed by atoms with Crippen LogP contribution in [0.2, 0.25) is 0 Å². The van der Waals surface area contributed by atoms with Crippen molar-refractivity contribution >= 4 is 22.5 Å². The Balaban J connectivity index is 1.62. The standard InChI is InChI=1S/C22H23N5O2/c1-14-3-5-18(6-4-14)27-13-17-8-20(21(29-2)9-19(17)26-27)25-22(28)16-7-15(10-23)11-24-12-16/h7-9,11-14,18H,3-6H2,1-2H3,(H,25,28). The molecule has 2 aromatic heterocycles. The fourth-order valence-electron chi connectivity index (χ4n) is 3.85. The van der Waals surface area contributed by atoms with Gasteiger partial charge in [-0.05, 0) is 43.7 Å². The Bertz CT molecular complexity index is 1090. The molecule has 7 heteroatoms. The average Bonchev–Trinajstić information content (AvgIpc) is 3.16. The quantitative estimate of drug-likeness (QED) is 0.717. The number of anilines is 1. The monoisotopic (exact) mass is 389 g/mol. The van der Waals surface area contributed by atoms with Gasteiger partial charge >= 0.3 is 0 Å². The zero-order valence-corrected chi connectivity index (χ0v) is 16.6. The Morgan fingerprint density at radius 3 is 2.76 bits per heavy atom. The van der Waals surface area contributed by atoms with Gasteiger partial charge in [0.2, 0.25) is 0 Å². The van der Waals surface area contributed by atoms with Crippen molar-refractivity contribution in [2.75, 3.05) is 12.4 Å². The zero-order chi connectivity index (χ0) is 20.4. The summed E-state index contributed by atoms with van der Waals surface area (Å²) in [6, 6.07) is 7.64. The van der Waals surface area contributed by atoms with E-state index in [1.54, 1.807) is 7.11 Å². The summed E-state index contributed by atoms with van der Waals surface area (Å²) >= 11 is 0. The minimum absolute atomic E-state index is 0.318. The number of aromatic nitrogens is 3. The third-order valence-corrected chi connectivity index (χ3v) is 5.58. The molecule has 0 radical (unpaired) electrons. The van der Waals surface area contributed by atoms with Crippen LogP contribution in [-0.2, 0) is 0 Å². The highest BCUT2D eigenvalue weighted by Gasteiger charge is 2.21. The number of fused-ring (bicyclic) bond motifs is 1. The van der Waals surface area contributed by atoms with E-state index in [-0.39, 0.29) is 5.91 Å². The topological polar surface area (TPSA) is 92.8 Å². The van der Waals surface area contributed by atoms with Gasteiger partial charge in [-0.15, -0.1) is 0 Å². The molecular formula is C22H23N5O2. The van der Waals surface area contributed by atoms with Crippen LogP contribution in [0, 0.1) is 17.2 Å². The van der Waals surface area contributed by atoms with E-state index >= 15 is 0 Å². The van der Waals surface area contributed by atoms with Crippen LogP contribution in [0.25, 0.3) is 10.9 Å². The van der Waals surface area contributed by atoms with E-state index in [0.29, 0.717) is 28.6 Å². The molecular weight excluding hydrogens is 366 g/mol. The molecule has 1 fully saturated rings. The van der Waals surface area contributed by atoms with Crippen LogP contribution in [0.5, 0.6) is 5.75 Å². The summed E-state index contributed by atoms with van der Waals surface area (Å²) in [6.45, 7) is 2.30. The maximum Gasteiger partial charge on any atom is 0.257 e. The third kappa shape index (κ3) is 3.92. The Morgan fingerprint density at radius 1 is 1.24 bits per heavy atom. The molecule has 0 atom stereocenters. The maximum absolute atomic E-state index is 12.6. The molecule has 1 N–H and O–H groups in total. The molecule has 1 aliphatic carbocycles. The fourth-order valence-corrected chi connectivity index (χ4v) is 3.85. The predicted molar refractivity (Wildman–Crippen MR) is 110 cm³/mol. The largest absolute Gasteiger partial charge is 0.494 e. The number of hydrogen-bond donors (Lipinski definition) is 1. The van der Waals surface area contributed by atoms with Crippen LogP contribution in [0.1, 0.15) is 54.6 Å². The third-order valence-electron chi connectivity index (χ3n) is 5.58. The molecule has 29 heavy (non-hydrogen) atoms. The highest BCUT2D eigenvalue weighted by atomic mass is 16.5. The van der Waals surface area contributed by atoms with Crippen LogP contribution in [-0.4, -0.2) is 27.8 Å². The van der Waals surface area contributed by atoms with Crippen LogP contribution >= 0.6 is 0 Å². The molecule has 148 valence electrons. The Morgan fingerprint density at radius 2 is 2.03 bits per heavy atom. The van der Waals surface area contributed by atoms with E-state index in [1.165, 1.54) is 31.3 Å². The number of pyridine rings is 1. The zero-order valence-electron chi connectivity index (χ0n) is 16.6. The molecule has 4 rings (SSSR count). The second-order valence-electron chi connectivity index (χ2n) is 7.66. The number of methoxy groups -OCH3 is 1. The lowest BCUT2D eigenvalue weighted by molar-refractivity contribution is 0.102. The van der Waals surface area contributed by atoms with Crippen LogP contribution in [0.3, 0.4) is 0 Å². The Hall–Kier alpha value is -3.40. The molecule has 7 nitrogen and oxygen atoms in total. The number of rotatable bonds is 4. The van der Waals surface area contributed by atoms with E-state index in [9.17, 15) is 4.79 Å². The number of amides is 1. The molecule has 0 spiro atoms. The summed E-state index contributed by atoms with van der Waals surface area (Å²) in [5.41, 5.74) is 2.05. The summed E-state index contributed by atoms with van der Waals surface area (Å²) in [6.07, 6.45) is 9.62. The normalized spacial score (nSPS) is 18.9. The average molecular weight is 389 g/mol. The first-order valence-electron chi connectivity index (χ1n) is 9.80. The van der Waals surface area contributed by atoms with E-state index < -0.39 is 0 Å². The molecule has 3 aromatic rings. The summed E-state index contributed by atoms with van der Waals surface area (Å²) < 4.78 is 7.53. The molecule has 0 saturated heterocycles. The summed E-state index contributed by atoms with van der Waals surface area (Å²) in [5.74, 6) is 0.978. The first-order chi connectivity index (χ1) is 14.1. The molecule has 1 aliphatic rings. The Labute approximate surface area is 169 Å². The molecule has 0 aliphatic heterocycles. The van der Waals surface area contributed by atoms with Gasteiger partial charge in [-0.25, -0.2) is 0 Å². The van der Waals surface area contributed by atoms with Gasteiger partial charge in [-0.2, -0.15) is 10.4 Å². The fraction of sp³-hybridized carbons (Fsp3) is 0.364. The van der Waals surface area contributed by atoms with Gasteiger partial charge < -0.3 is 10.1 Å². The van der Waals surface area contributed by atoms with Crippen molar-refractivity contribution in [3.63, 3.8) is 0 Å². The van der Waals surface area contributed by atoms with Gasteiger partial charge in [0.1, 0.15) is 11.8 Å². The van der Waals surface area contributed by atoms with Crippen molar-refractivity contribution in [3.05, 3.63) is 47.9 Å². The maximum atomic E-state index is 12.6. The Kier molecular flexibility index (Phi) is 5.17. The van der Waals surface area contributed by atoms with Crippen molar-refractivity contribution in [2.24, 2.45) is 5.92 Å². The molecule has 1 aromatic carbocycles. The molecule has 0 bridgehead atoms. The number of ether oxygens (including phenoxy) is 1. The van der Waals surface area contributed by atoms with E-state index in [2.05, 4.69) is 21.9 Å². The number of benzene rings is 1. The van der Waals surface area contributed by atoms with Gasteiger partial charge in [0.15, 0.2) is 0 Å². The second-order valence-corrected chi connectivity index (χ2v) is 7.66. The lowest BCUT2D eigenvalue weighted by Gasteiger charge is -2.26. The molecule has 0 unspecified atom stereocenters. The van der Waals surface area contributed by atoms with Crippen LogP contribution in [0.4, 0.5) is 5.69 Å². The van der Waals surface area contributed by atoms with E-state index in [1.807, 2.05) is 24.4 Å².